The van der Waals surface area contributed by atoms with Crippen molar-refractivity contribution < 1.29 is 4.74 Å². The Labute approximate surface area is 120 Å². The summed E-state index contributed by atoms with van der Waals surface area (Å²) in [6, 6.07) is 4.31. The van der Waals surface area contributed by atoms with Crippen molar-refractivity contribution in [1.29, 1.82) is 0 Å². The van der Waals surface area contributed by atoms with Crippen molar-refractivity contribution in [2.75, 3.05) is 0 Å². The quantitative estimate of drug-likeness (QED) is 0.846. The van der Waals surface area contributed by atoms with E-state index in [0.717, 1.165) is 27.5 Å². The van der Waals surface area contributed by atoms with E-state index >= 15 is 0 Å². The fourth-order valence-electron chi connectivity index (χ4n) is 1.50. The third-order valence-electron chi connectivity index (χ3n) is 2.51. The summed E-state index contributed by atoms with van der Waals surface area (Å²) in [4.78, 5) is 0. The number of hydrogen-bond acceptors (Lipinski definition) is 2. The van der Waals surface area contributed by atoms with Crippen molar-refractivity contribution in [3.8, 4) is 5.75 Å². The van der Waals surface area contributed by atoms with Gasteiger partial charge in [0.1, 0.15) is 5.75 Å². The van der Waals surface area contributed by atoms with E-state index < -0.39 is 0 Å². The molecule has 1 aromatic rings. The van der Waals surface area contributed by atoms with E-state index in [1.54, 1.807) is 0 Å². The Bertz CT molecular complexity index is 357. The lowest BCUT2D eigenvalue weighted by Gasteiger charge is -2.17. The van der Waals surface area contributed by atoms with Gasteiger partial charge in [0.25, 0.3) is 0 Å². The maximum absolute atomic E-state index is 5.86. The molecule has 0 radical (unpaired) electrons. The highest BCUT2D eigenvalue weighted by atomic mass is 79.9. The molecule has 0 aromatic heterocycles. The van der Waals surface area contributed by atoms with Gasteiger partial charge in [0.2, 0.25) is 0 Å². The molecule has 0 bridgehead atoms. The third-order valence-corrected chi connectivity index (χ3v) is 3.69. The van der Waals surface area contributed by atoms with Crippen molar-refractivity contribution in [2.24, 2.45) is 5.73 Å². The van der Waals surface area contributed by atoms with Crippen LogP contribution in [0.25, 0.3) is 0 Å². The summed E-state index contributed by atoms with van der Waals surface area (Å²) in [5.74, 6) is 0.868. The molecule has 17 heavy (non-hydrogen) atoms. The van der Waals surface area contributed by atoms with E-state index in [9.17, 15) is 0 Å². The Morgan fingerprint density at radius 1 is 1.24 bits per heavy atom. The van der Waals surface area contributed by atoms with Gasteiger partial charge in [-0.05, 0) is 76.2 Å². The van der Waals surface area contributed by atoms with Crippen LogP contribution in [0, 0.1) is 0 Å². The molecule has 0 aliphatic heterocycles. The second-order valence-electron chi connectivity index (χ2n) is 4.41. The van der Waals surface area contributed by atoms with E-state index in [1.165, 1.54) is 5.56 Å². The number of nitrogens with two attached hydrogens (primary N) is 1. The summed E-state index contributed by atoms with van der Waals surface area (Å²) in [6.07, 6.45) is 2.06. The third kappa shape index (κ3) is 4.60. The largest absolute Gasteiger partial charge is 0.488 e. The van der Waals surface area contributed by atoms with Crippen LogP contribution in [-0.4, -0.2) is 12.1 Å². The number of benzene rings is 1. The molecular formula is C13H19Br2NO. The molecule has 0 amide bonds. The number of rotatable bonds is 5. The second-order valence-corrected chi connectivity index (χ2v) is 6.12. The zero-order valence-electron chi connectivity index (χ0n) is 10.5. The van der Waals surface area contributed by atoms with Gasteiger partial charge in [-0.15, -0.1) is 0 Å². The summed E-state index contributed by atoms with van der Waals surface area (Å²) in [6.45, 7) is 6.18. The topological polar surface area (TPSA) is 35.2 Å². The highest BCUT2D eigenvalue weighted by Gasteiger charge is 2.12. The number of halogens is 2. The minimum atomic E-state index is 0.162. The molecule has 2 N–H and O–H groups in total. The van der Waals surface area contributed by atoms with Gasteiger partial charge in [-0.25, -0.2) is 0 Å². The zero-order valence-corrected chi connectivity index (χ0v) is 13.6. The molecule has 2 atom stereocenters. The molecule has 0 aliphatic rings. The number of hydrogen-bond donors (Lipinski definition) is 1. The monoisotopic (exact) mass is 363 g/mol. The lowest BCUT2D eigenvalue weighted by atomic mass is 10.1. The van der Waals surface area contributed by atoms with E-state index in [0.29, 0.717) is 0 Å². The van der Waals surface area contributed by atoms with Crippen molar-refractivity contribution in [3.05, 3.63) is 26.6 Å². The van der Waals surface area contributed by atoms with Gasteiger partial charge in [-0.3, -0.25) is 0 Å². The van der Waals surface area contributed by atoms with Crippen molar-refractivity contribution in [3.63, 3.8) is 0 Å². The van der Waals surface area contributed by atoms with Crippen LogP contribution in [-0.2, 0) is 6.42 Å². The Hall–Kier alpha value is -0.0600. The van der Waals surface area contributed by atoms with E-state index in [2.05, 4.69) is 57.8 Å². The van der Waals surface area contributed by atoms with Crippen LogP contribution >= 0.6 is 31.9 Å². The molecular weight excluding hydrogens is 346 g/mol. The van der Waals surface area contributed by atoms with Gasteiger partial charge >= 0.3 is 0 Å². The standard InChI is InChI=1S/C13H19Br2NO/c1-4-9(3)17-13-11(14)6-10(5-8(2)16)7-12(13)15/h6-9H,4-5,16H2,1-3H3. The second kappa shape index (κ2) is 6.76. The van der Waals surface area contributed by atoms with Crippen LogP contribution in [0.1, 0.15) is 32.8 Å². The molecule has 96 valence electrons. The van der Waals surface area contributed by atoms with Crippen molar-refractivity contribution >= 4 is 31.9 Å². The maximum atomic E-state index is 5.86. The van der Waals surface area contributed by atoms with E-state index in [4.69, 9.17) is 10.5 Å². The Morgan fingerprint density at radius 2 is 1.76 bits per heavy atom. The van der Waals surface area contributed by atoms with Gasteiger partial charge in [0.05, 0.1) is 15.0 Å². The predicted molar refractivity (Wildman–Crippen MR) is 79.6 cm³/mol. The molecule has 0 aliphatic carbocycles. The fraction of sp³-hybridized carbons (Fsp3) is 0.538. The summed E-state index contributed by atoms with van der Waals surface area (Å²) >= 11 is 7.10. The Kier molecular flexibility index (Phi) is 5.97. The van der Waals surface area contributed by atoms with Crippen LogP contribution in [0.4, 0.5) is 0 Å². The molecule has 0 heterocycles. The van der Waals surface area contributed by atoms with Gasteiger partial charge in [-0.1, -0.05) is 6.92 Å². The van der Waals surface area contributed by atoms with E-state index in [-0.39, 0.29) is 12.1 Å². The van der Waals surface area contributed by atoms with Crippen LogP contribution in [0.15, 0.2) is 21.1 Å². The van der Waals surface area contributed by atoms with Crippen LogP contribution in [0.5, 0.6) is 5.75 Å². The summed E-state index contributed by atoms with van der Waals surface area (Å²) in [7, 11) is 0. The fourth-order valence-corrected chi connectivity index (χ4v) is 2.97. The predicted octanol–water partition coefficient (Wildman–Crippen LogP) is 4.28. The van der Waals surface area contributed by atoms with Crippen molar-refractivity contribution in [1.82, 2.24) is 0 Å². The molecule has 0 saturated heterocycles. The average Bonchev–Trinajstić information content (AvgIpc) is 2.22. The molecule has 1 rings (SSSR count). The minimum Gasteiger partial charge on any atom is -0.488 e. The molecule has 1 aromatic carbocycles. The number of ether oxygens (including phenoxy) is 1. The first-order valence-corrected chi connectivity index (χ1v) is 7.42. The lowest BCUT2D eigenvalue weighted by Crippen LogP contribution is -2.18. The minimum absolute atomic E-state index is 0.162. The molecule has 0 fully saturated rings. The molecule has 4 heteroatoms. The van der Waals surface area contributed by atoms with Gasteiger partial charge < -0.3 is 10.5 Å². The molecule has 2 nitrogen and oxygen atoms in total. The Morgan fingerprint density at radius 3 is 2.18 bits per heavy atom. The first-order chi connectivity index (χ1) is 7.93. The smallest absolute Gasteiger partial charge is 0.148 e. The first kappa shape index (κ1) is 15.0. The van der Waals surface area contributed by atoms with Crippen LogP contribution in [0.2, 0.25) is 0 Å². The summed E-state index contributed by atoms with van der Waals surface area (Å²) in [5, 5.41) is 0. The highest BCUT2D eigenvalue weighted by Crippen LogP contribution is 2.36. The van der Waals surface area contributed by atoms with Gasteiger partial charge in [-0.2, -0.15) is 0 Å². The highest BCUT2D eigenvalue weighted by molar-refractivity contribution is 9.11. The Balaban J connectivity index is 2.94. The lowest BCUT2D eigenvalue weighted by molar-refractivity contribution is 0.214. The first-order valence-electron chi connectivity index (χ1n) is 5.84. The SMILES string of the molecule is CCC(C)Oc1c(Br)cc(CC(C)N)cc1Br. The van der Waals surface area contributed by atoms with E-state index in [1.807, 2.05) is 6.92 Å². The van der Waals surface area contributed by atoms with Crippen molar-refractivity contribution in [2.45, 2.75) is 45.8 Å². The summed E-state index contributed by atoms with van der Waals surface area (Å²) < 4.78 is 7.81. The molecule has 2 unspecified atom stereocenters. The van der Waals surface area contributed by atoms with Gasteiger partial charge in [0, 0.05) is 6.04 Å². The molecule has 0 saturated carbocycles. The average molecular weight is 365 g/mol. The maximum Gasteiger partial charge on any atom is 0.148 e. The van der Waals surface area contributed by atoms with Crippen LogP contribution < -0.4 is 10.5 Å². The van der Waals surface area contributed by atoms with Gasteiger partial charge in [0.15, 0.2) is 0 Å². The molecule has 0 spiro atoms. The normalized spacial score (nSPS) is 14.5. The summed E-state index contributed by atoms with van der Waals surface area (Å²) in [5.41, 5.74) is 7.01. The van der Waals surface area contributed by atoms with Crippen LogP contribution in [0.3, 0.4) is 0 Å². The zero-order chi connectivity index (χ0) is 13.0.